The summed E-state index contributed by atoms with van der Waals surface area (Å²) in [5.41, 5.74) is 8.22. The molecule has 0 spiro atoms. The van der Waals surface area contributed by atoms with Crippen LogP contribution in [0, 0.1) is 17.2 Å². The number of anilines is 1. The number of hydrogen-bond acceptors (Lipinski definition) is 6. The van der Waals surface area contributed by atoms with Crippen LogP contribution in [0.15, 0.2) is 24.5 Å². The number of primary amides is 1. The van der Waals surface area contributed by atoms with E-state index >= 15 is 0 Å². The molecule has 1 amide bonds. The maximum atomic E-state index is 11.2. The van der Waals surface area contributed by atoms with Gasteiger partial charge in [0.1, 0.15) is 17.1 Å². The lowest BCUT2D eigenvalue weighted by molar-refractivity contribution is -0.119. The van der Waals surface area contributed by atoms with Crippen molar-refractivity contribution in [3.05, 3.63) is 30.1 Å². The number of nitrogens with two attached hydrogens (primary N) is 1. The van der Waals surface area contributed by atoms with E-state index in [9.17, 15) is 10.1 Å². The second kappa shape index (κ2) is 7.03. The van der Waals surface area contributed by atoms with Gasteiger partial charge in [0.2, 0.25) is 5.91 Å². The maximum absolute atomic E-state index is 11.2. The van der Waals surface area contributed by atoms with Crippen molar-refractivity contribution < 1.29 is 4.79 Å². The number of benzene rings is 1. The number of likely N-dealkylation sites (N-methyl/N-ethyl adjacent to an activating group) is 1. The highest BCUT2D eigenvalue weighted by molar-refractivity contribution is 5.92. The Morgan fingerprint density at radius 2 is 2.08 bits per heavy atom. The molecule has 0 aliphatic carbocycles. The van der Waals surface area contributed by atoms with Gasteiger partial charge in [-0.3, -0.25) is 19.7 Å². The quantitative estimate of drug-likeness (QED) is 0.897. The summed E-state index contributed by atoms with van der Waals surface area (Å²) in [5.74, 6) is 0.151. The molecule has 0 radical (unpaired) electrons. The summed E-state index contributed by atoms with van der Waals surface area (Å²) in [4.78, 5) is 24.3. The van der Waals surface area contributed by atoms with Crippen molar-refractivity contribution in [1.82, 2.24) is 14.9 Å². The molecule has 2 heterocycles. The zero-order chi connectivity index (χ0) is 18.0. The Bertz CT molecular complexity index is 830. The Balaban J connectivity index is 1.94. The average molecular weight is 338 g/mol. The summed E-state index contributed by atoms with van der Waals surface area (Å²) in [6.45, 7) is 4.14. The number of nitriles is 1. The number of aromatic nitrogens is 2. The second-order valence-electron chi connectivity index (χ2n) is 6.78. The number of hydrogen-bond donors (Lipinski definition) is 1. The van der Waals surface area contributed by atoms with Crippen molar-refractivity contribution in [3.63, 3.8) is 0 Å². The van der Waals surface area contributed by atoms with Crippen LogP contribution in [-0.2, 0) is 4.79 Å². The van der Waals surface area contributed by atoms with E-state index in [1.807, 2.05) is 18.0 Å². The summed E-state index contributed by atoms with van der Waals surface area (Å²) in [6.07, 6.45) is 4.27. The van der Waals surface area contributed by atoms with Crippen LogP contribution in [0.25, 0.3) is 11.0 Å². The van der Waals surface area contributed by atoms with Gasteiger partial charge in [-0.25, -0.2) is 0 Å². The van der Waals surface area contributed by atoms with E-state index in [4.69, 9.17) is 5.73 Å². The van der Waals surface area contributed by atoms with Crippen LogP contribution in [0.1, 0.15) is 18.9 Å². The van der Waals surface area contributed by atoms with Gasteiger partial charge in [-0.15, -0.1) is 0 Å². The van der Waals surface area contributed by atoms with Crippen LogP contribution in [0.2, 0.25) is 0 Å². The highest BCUT2D eigenvalue weighted by atomic mass is 16.1. The predicted octanol–water partition coefficient (Wildman–Crippen LogP) is 1.13. The predicted molar refractivity (Wildman–Crippen MR) is 95.9 cm³/mol. The molecule has 2 N–H and O–H groups in total. The molecule has 0 bridgehead atoms. The highest BCUT2D eigenvalue weighted by Crippen LogP contribution is 2.30. The van der Waals surface area contributed by atoms with Gasteiger partial charge in [-0.2, -0.15) is 5.26 Å². The fourth-order valence-corrected chi connectivity index (χ4v) is 3.60. The van der Waals surface area contributed by atoms with Crippen molar-refractivity contribution in [2.75, 3.05) is 31.6 Å². The number of carbonyl (C=O) groups is 1. The summed E-state index contributed by atoms with van der Waals surface area (Å²) in [6, 6.07) is 6.15. The van der Waals surface area contributed by atoms with Gasteiger partial charge in [0.15, 0.2) is 0 Å². The largest absolute Gasteiger partial charge is 0.369 e. The Morgan fingerprint density at radius 1 is 1.36 bits per heavy atom. The molecule has 1 fully saturated rings. The topological polar surface area (TPSA) is 99.1 Å². The number of fused-ring (bicyclic) bond motifs is 1. The number of rotatable bonds is 4. The molecular weight excluding hydrogens is 316 g/mol. The van der Waals surface area contributed by atoms with E-state index in [2.05, 4.69) is 27.9 Å². The first-order valence-corrected chi connectivity index (χ1v) is 8.37. The lowest BCUT2D eigenvalue weighted by Gasteiger charge is -2.41. The number of nitrogens with zero attached hydrogens (tertiary/aromatic N) is 5. The van der Waals surface area contributed by atoms with E-state index in [1.54, 1.807) is 18.5 Å². The van der Waals surface area contributed by atoms with Crippen molar-refractivity contribution in [2.24, 2.45) is 11.7 Å². The standard InChI is InChI=1S/C18H22N6O/c1-12-7-14(23(2)11-16(20)25)10-24(9-12)15-4-3-13(8-19)17-18(15)22-6-5-21-17/h3-6,12,14H,7,9-11H2,1-2H3,(H2,20,25)/t12-,14-/m1/s1. The number of piperidine rings is 1. The molecule has 3 rings (SSSR count). The van der Waals surface area contributed by atoms with Gasteiger partial charge in [0.05, 0.1) is 17.8 Å². The summed E-state index contributed by atoms with van der Waals surface area (Å²) < 4.78 is 0. The minimum absolute atomic E-state index is 0.235. The van der Waals surface area contributed by atoms with Crippen molar-refractivity contribution in [3.8, 4) is 6.07 Å². The van der Waals surface area contributed by atoms with Crippen LogP contribution >= 0.6 is 0 Å². The normalized spacial score (nSPS) is 20.6. The van der Waals surface area contributed by atoms with Gasteiger partial charge >= 0.3 is 0 Å². The Hall–Kier alpha value is -2.72. The molecular formula is C18H22N6O. The third kappa shape index (κ3) is 3.54. The van der Waals surface area contributed by atoms with Crippen molar-refractivity contribution >= 4 is 22.6 Å². The molecule has 1 aromatic heterocycles. The third-order valence-electron chi connectivity index (χ3n) is 4.73. The Labute approximate surface area is 147 Å². The lowest BCUT2D eigenvalue weighted by atomic mass is 9.94. The molecule has 0 saturated carbocycles. The van der Waals surface area contributed by atoms with E-state index in [0.29, 0.717) is 17.0 Å². The summed E-state index contributed by atoms with van der Waals surface area (Å²) in [7, 11) is 1.93. The fraction of sp³-hybridized carbons (Fsp3) is 0.444. The molecule has 1 aliphatic heterocycles. The third-order valence-corrected chi connectivity index (χ3v) is 4.73. The molecule has 25 heavy (non-hydrogen) atoms. The molecule has 1 aliphatic rings. The van der Waals surface area contributed by atoms with Gasteiger partial charge < -0.3 is 10.6 Å². The summed E-state index contributed by atoms with van der Waals surface area (Å²) in [5, 5.41) is 9.30. The molecule has 0 unspecified atom stereocenters. The van der Waals surface area contributed by atoms with Crippen LogP contribution in [0.3, 0.4) is 0 Å². The highest BCUT2D eigenvalue weighted by Gasteiger charge is 2.29. The van der Waals surface area contributed by atoms with Crippen molar-refractivity contribution in [1.29, 1.82) is 5.26 Å². The van der Waals surface area contributed by atoms with Gasteiger partial charge in [0, 0.05) is 31.5 Å². The first kappa shape index (κ1) is 17.1. The minimum atomic E-state index is -0.318. The number of amides is 1. The van der Waals surface area contributed by atoms with Gasteiger partial charge in [-0.1, -0.05) is 6.92 Å². The first-order chi connectivity index (χ1) is 12.0. The lowest BCUT2D eigenvalue weighted by Crippen LogP contribution is -2.51. The first-order valence-electron chi connectivity index (χ1n) is 8.37. The monoisotopic (exact) mass is 338 g/mol. The van der Waals surface area contributed by atoms with Crippen molar-refractivity contribution in [2.45, 2.75) is 19.4 Å². The zero-order valence-corrected chi connectivity index (χ0v) is 14.5. The van der Waals surface area contributed by atoms with Crippen LogP contribution in [0.5, 0.6) is 0 Å². The molecule has 7 heteroatoms. The van der Waals surface area contributed by atoms with E-state index < -0.39 is 0 Å². The maximum Gasteiger partial charge on any atom is 0.231 e. The fourth-order valence-electron chi connectivity index (χ4n) is 3.60. The van der Waals surface area contributed by atoms with Crippen LogP contribution < -0.4 is 10.6 Å². The number of carbonyl (C=O) groups excluding carboxylic acids is 1. The second-order valence-corrected chi connectivity index (χ2v) is 6.78. The van der Waals surface area contributed by atoms with Crippen LogP contribution in [-0.4, -0.2) is 53.5 Å². The molecule has 1 aromatic carbocycles. The minimum Gasteiger partial charge on any atom is -0.369 e. The Morgan fingerprint density at radius 3 is 2.76 bits per heavy atom. The molecule has 2 atom stereocenters. The smallest absolute Gasteiger partial charge is 0.231 e. The molecule has 7 nitrogen and oxygen atoms in total. The SMILES string of the molecule is C[C@@H]1C[C@@H](N(C)CC(N)=O)CN(c2ccc(C#N)c3nccnc23)C1. The molecule has 2 aromatic rings. The molecule has 1 saturated heterocycles. The summed E-state index contributed by atoms with van der Waals surface area (Å²) >= 11 is 0. The van der Waals surface area contributed by atoms with E-state index in [0.717, 1.165) is 30.7 Å². The Kier molecular flexibility index (Phi) is 4.81. The average Bonchev–Trinajstić information content (AvgIpc) is 2.59. The zero-order valence-electron chi connectivity index (χ0n) is 14.5. The van der Waals surface area contributed by atoms with Gasteiger partial charge in [0.25, 0.3) is 0 Å². The van der Waals surface area contributed by atoms with Gasteiger partial charge in [-0.05, 0) is 31.5 Å². The van der Waals surface area contributed by atoms with E-state index in [1.165, 1.54) is 0 Å². The van der Waals surface area contributed by atoms with E-state index in [-0.39, 0.29) is 18.5 Å². The molecule has 130 valence electrons. The van der Waals surface area contributed by atoms with Crippen LogP contribution in [0.4, 0.5) is 5.69 Å².